The number of aliphatic carboxylic acids is 2. The van der Waals surface area contributed by atoms with Crippen molar-refractivity contribution in [2.24, 2.45) is 0 Å². The van der Waals surface area contributed by atoms with Crippen LogP contribution in [0.1, 0.15) is 194 Å². The molecule has 0 N–H and O–H groups in total. The van der Waals surface area contributed by atoms with Crippen molar-refractivity contribution in [3.63, 3.8) is 0 Å². The molecule has 1 heterocycles. The number of carbonyl (C=O) groups excluding carboxylic acids is 3. The second-order valence-electron chi connectivity index (χ2n) is 12.0. The van der Waals surface area contributed by atoms with E-state index < -0.39 is 11.9 Å². The molecule has 1 aliphatic heterocycles. The van der Waals surface area contributed by atoms with Gasteiger partial charge in [0.25, 0.3) is 0 Å². The topological polar surface area (TPSA) is 116 Å². The van der Waals surface area contributed by atoms with Gasteiger partial charge in [-0.2, -0.15) is 0 Å². The minimum absolute atomic E-state index is 0. The zero-order valence-corrected chi connectivity index (χ0v) is 31.2. The van der Waals surface area contributed by atoms with Crippen LogP contribution in [0.5, 0.6) is 0 Å². The fourth-order valence-electron chi connectivity index (χ4n) is 4.99. The van der Waals surface area contributed by atoms with Gasteiger partial charge in [-0.05, 0) is 25.7 Å². The zero-order chi connectivity index (χ0) is 32.1. The third kappa shape index (κ3) is 48.5. The van der Waals surface area contributed by atoms with Gasteiger partial charge in [-0.25, -0.2) is 4.79 Å². The van der Waals surface area contributed by atoms with Crippen LogP contribution in [-0.4, -0.2) is 75.5 Å². The summed E-state index contributed by atoms with van der Waals surface area (Å²) in [7, 11) is 0. The third-order valence-electron chi connectivity index (χ3n) is 7.68. The summed E-state index contributed by atoms with van der Waals surface area (Å²) < 4.78 is 9.22. The molecule has 0 aromatic carbocycles. The number of carbonyl (C=O) groups is 3. The van der Waals surface area contributed by atoms with Crippen LogP contribution in [0.3, 0.4) is 0 Å². The van der Waals surface area contributed by atoms with E-state index in [1.54, 1.807) is 0 Å². The first-order valence-electron chi connectivity index (χ1n) is 18.1. The molecule has 0 saturated carbocycles. The normalized spacial score (nSPS) is 12.2. The Labute approximate surface area is 301 Å². The van der Waals surface area contributed by atoms with Gasteiger partial charge in [0, 0.05) is 11.9 Å². The number of unbranched alkanes of at least 4 members (excludes halogenated alkanes) is 24. The van der Waals surface area contributed by atoms with Crippen molar-refractivity contribution in [3.8, 4) is 0 Å². The summed E-state index contributed by atoms with van der Waals surface area (Å²) in [5.74, 6) is -2.07. The van der Waals surface area contributed by atoms with E-state index in [1.165, 1.54) is 141 Å². The molecule has 44 heavy (non-hydrogen) atoms. The Kier molecular flexibility index (Phi) is 46.5. The van der Waals surface area contributed by atoms with Gasteiger partial charge in [-0.1, -0.05) is 168 Å². The molecule has 1 fully saturated rings. The fourth-order valence-corrected chi connectivity index (χ4v) is 4.99. The van der Waals surface area contributed by atoms with Crippen molar-refractivity contribution < 1.29 is 34.1 Å². The SMILES string of the molecule is CCCCCCCCCCCCCCCC(=O)[O-].CCCCCCCCCCCCCCCC(=O)[O-].O=C1COCCO1.[Ca+2]. The van der Waals surface area contributed by atoms with Crippen molar-refractivity contribution in [1.82, 2.24) is 0 Å². The number of carboxylic acids is 2. The Morgan fingerprint density at radius 3 is 0.955 bits per heavy atom. The summed E-state index contributed by atoms with van der Waals surface area (Å²) in [5, 5.41) is 20.4. The van der Waals surface area contributed by atoms with Crippen LogP contribution in [0.25, 0.3) is 0 Å². The second-order valence-corrected chi connectivity index (χ2v) is 12.0. The number of cyclic esters (lactones) is 1. The van der Waals surface area contributed by atoms with Crippen LogP contribution in [0.4, 0.5) is 0 Å². The van der Waals surface area contributed by atoms with Crippen LogP contribution in [0.15, 0.2) is 0 Å². The van der Waals surface area contributed by atoms with E-state index in [0.717, 1.165) is 25.7 Å². The van der Waals surface area contributed by atoms with Gasteiger partial charge in [0.05, 0.1) is 6.61 Å². The Bertz CT molecular complexity index is 553. The maximum Gasteiger partial charge on any atom is 2.00 e. The molecule has 0 atom stereocenters. The number of hydrogen-bond acceptors (Lipinski definition) is 7. The maximum atomic E-state index is 10.2. The average Bonchev–Trinajstić information content (AvgIpc) is 2.99. The van der Waals surface area contributed by atoms with Crippen molar-refractivity contribution in [2.75, 3.05) is 19.8 Å². The molecular formula is C36H68CaO7. The Morgan fingerprint density at radius 2 is 0.773 bits per heavy atom. The van der Waals surface area contributed by atoms with Gasteiger partial charge in [0.15, 0.2) is 0 Å². The van der Waals surface area contributed by atoms with E-state index in [1.807, 2.05) is 0 Å². The standard InChI is InChI=1S/2C16H32O2.C4H6O3.Ca/c2*1-2-3-4-5-6-7-8-9-10-11-12-13-14-15-16(17)18;5-4-3-6-1-2-7-4;/h2*2-15H2,1H3,(H,17,18);1-3H2;/q;;;+2/p-2. The summed E-state index contributed by atoms with van der Waals surface area (Å²) in [6, 6.07) is 0. The van der Waals surface area contributed by atoms with Gasteiger partial charge in [0.2, 0.25) is 0 Å². The molecule has 0 bridgehead atoms. The van der Waals surface area contributed by atoms with Crippen LogP contribution in [0.2, 0.25) is 0 Å². The molecule has 0 spiro atoms. The predicted molar refractivity (Wildman–Crippen MR) is 178 cm³/mol. The van der Waals surface area contributed by atoms with E-state index in [0.29, 0.717) is 13.2 Å². The average molecular weight is 653 g/mol. The van der Waals surface area contributed by atoms with Crippen molar-refractivity contribution in [1.29, 1.82) is 0 Å². The monoisotopic (exact) mass is 652 g/mol. The molecule has 0 aliphatic carbocycles. The smallest absolute Gasteiger partial charge is 0.550 e. The van der Waals surface area contributed by atoms with Crippen LogP contribution in [0, 0.1) is 0 Å². The number of ether oxygens (including phenoxy) is 2. The van der Waals surface area contributed by atoms with E-state index in [4.69, 9.17) is 4.74 Å². The number of hydrogen-bond donors (Lipinski definition) is 0. The Hall–Kier alpha value is -0.370. The molecule has 1 aliphatic rings. The zero-order valence-electron chi connectivity index (χ0n) is 29.0. The first kappa shape index (κ1) is 48.0. The summed E-state index contributed by atoms with van der Waals surface area (Å²) in [6.45, 7) is 5.60. The van der Waals surface area contributed by atoms with Gasteiger partial charge in [-0.15, -0.1) is 0 Å². The molecule has 0 amide bonds. The molecule has 256 valence electrons. The van der Waals surface area contributed by atoms with Crippen LogP contribution in [-0.2, 0) is 23.9 Å². The van der Waals surface area contributed by atoms with Crippen molar-refractivity contribution in [3.05, 3.63) is 0 Å². The van der Waals surface area contributed by atoms with E-state index >= 15 is 0 Å². The molecule has 0 unspecified atom stereocenters. The number of esters is 1. The molecule has 1 saturated heterocycles. The molecular weight excluding hydrogens is 584 g/mol. The van der Waals surface area contributed by atoms with Crippen LogP contribution < -0.4 is 10.2 Å². The Morgan fingerprint density at radius 1 is 0.500 bits per heavy atom. The largest absolute Gasteiger partial charge is 2.00 e. The van der Waals surface area contributed by atoms with Crippen LogP contribution >= 0.6 is 0 Å². The van der Waals surface area contributed by atoms with Gasteiger partial charge < -0.3 is 29.3 Å². The van der Waals surface area contributed by atoms with E-state index in [9.17, 15) is 24.6 Å². The number of carboxylic acid groups (broad SMARTS) is 2. The first-order chi connectivity index (χ1) is 20.9. The van der Waals surface area contributed by atoms with E-state index in [2.05, 4.69) is 18.6 Å². The molecule has 1 rings (SSSR count). The molecule has 0 radical (unpaired) electrons. The maximum absolute atomic E-state index is 10.2. The van der Waals surface area contributed by atoms with Gasteiger partial charge >= 0.3 is 43.7 Å². The molecule has 0 aromatic rings. The van der Waals surface area contributed by atoms with E-state index in [-0.39, 0.29) is 63.2 Å². The first-order valence-corrected chi connectivity index (χ1v) is 18.1. The summed E-state index contributed by atoms with van der Waals surface area (Å²) >= 11 is 0. The summed E-state index contributed by atoms with van der Waals surface area (Å²) in [4.78, 5) is 30.5. The summed E-state index contributed by atoms with van der Waals surface area (Å²) in [6.07, 6.45) is 33.9. The van der Waals surface area contributed by atoms with Gasteiger partial charge in [-0.3, -0.25) is 0 Å². The Balaban J connectivity index is -0.000000614. The minimum atomic E-state index is -0.905. The minimum Gasteiger partial charge on any atom is -0.550 e. The van der Waals surface area contributed by atoms with Crippen molar-refractivity contribution >= 4 is 55.6 Å². The molecule has 0 aromatic heterocycles. The fraction of sp³-hybridized carbons (Fsp3) is 0.917. The third-order valence-corrected chi connectivity index (χ3v) is 7.68. The molecule has 8 heteroatoms. The van der Waals surface area contributed by atoms with Gasteiger partial charge in [0.1, 0.15) is 13.2 Å². The quantitative estimate of drug-likeness (QED) is 0.0485. The van der Waals surface area contributed by atoms with Crippen molar-refractivity contribution in [2.45, 2.75) is 194 Å². The number of rotatable bonds is 28. The molecule has 7 nitrogen and oxygen atoms in total. The second kappa shape index (κ2) is 42.6. The summed E-state index contributed by atoms with van der Waals surface area (Å²) in [5.41, 5.74) is 0. The predicted octanol–water partition coefficient (Wildman–Crippen LogP) is 7.61.